The van der Waals surface area contributed by atoms with Crippen LogP contribution in [0.1, 0.15) is 157 Å². The number of benzene rings is 2. The molecule has 2 aromatic rings. The maximum Gasteiger partial charge on any atom is 0.136 e. The molecular weight excluding hydrogens is 489 g/mol. The molecule has 0 nitrogen and oxygen atoms in total. The van der Waals surface area contributed by atoms with Gasteiger partial charge in [0.2, 0.25) is 0 Å². The van der Waals surface area contributed by atoms with Crippen LogP contribution in [0.5, 0.6) is 0 Å². The minimum Gasteiger partial charge on any atom is -0.206 e. The van der Waals surface area contributed by atoms with Crippen LogP contribution in [0.25, 0.3) is 0 Å². The Balaban J connectivity index is 2.67. The average Bonchev–Trinajstić information content (AvgIpc) is 2.68. The molecule has 0 fully saturated rings. The molecule has 0 saturated carbocycles. The highest BCUT2D eigenvalue weighted by Gasteiger charge is 2.40. The second-order valence-corrected chi connectivity index (χ2v) is 17.1. The van der Waals surface area contributed by atoms with E-state index < -0.39 is 33.7 Å². The second-order valence-electron chi connectivity index (χ2n) is 17.1. The van der Waals surface area contributed by atoms with Crippen LogP contribution in [0.15, 0.2) is 18.2 Å². The Bertz CT molecular complexity index is 1130. The van der Waals surface area contributed by atoms with Crippen molar-refractivity contribution in [3.63, 3.8) is 0 Å². The molecule has 0 aromatic heterocycles. The van der Waals surface area contributed by atoms with Crippen molar-refractivity contribution in [1.29, 1.82) is 0 Å². The van der Waals surface area contributed by atoms with Crippen LogP contribution in [0.4, 0.5) is 13.2 Å². The summed E-state index contributed by atoms with van der Waals surface area (Å²) >= 11 is 0. The molecule has 3 heteroatoms. The molecule has 39 heavy (non-hydrogen) atoms. The van der Waals surface area contributed by atoms with Crippen LogP contribution in [0.2, 0.25) is 0 Å². The molecular formula is C36H55F3. The summed E-state index contributed by atoms with van der Waals surface area (Å²) in [6.45, 7) is 32.3. The van der Waals surface area contributed by atoms with E-state index in [1.165, 1.54) is 16.7 Å². The fourth-order valence-electron chi connectivity index (χ4n) is 5.35. The fourth-order valence-corrected chi connectivity index (χ4v) is 5.35. The number of halogens is 3. The van der Waals surface area contributed by atoms with Crippen LogP contribution < -0.4 is 0 Å². The molecule has 0 heterocycles. The van der Waals surface area contributed by atoms with Crippen molar-refractivity contribution in [2.24, 2.45) is 0 Å². The molecule has 0 N–H and O–H groups in total. The molecule has 2 rings (SSSR count). The van der Waals surface area contributed by atoms with Gasteiger partial charge in [-0.3, -0.25) is 0 Å². The molecule has 0 radical (unpaired) electrons. The summed E-state index contributed by atoms with van der Waals surface area (Å²) in [6.07, 6.45) is 1.28. The van der Waals surface area contributed by atoms with Crippen molar-refractivity contribution >= 4 is 0 Å². The third-order valence-corrected chi connectivity index (χ3v) is 8.32. The van der Waals surface area contributed by atoms with Gasteiger partial charge in [-0.2, -0.15) is 0 Å². The third-order valence-electron chi connectivity index (χ3n) is 8.32. The molecule has 0 amide bonds. The maximum atomic E-state index is 16.2. The van der Waals surface area contributed by atoms with E-state index in [9.17, 15) is 0 Å². The van der Waals surface area contributed by atoms with E-state index in [1.807, 2.05) is 13.8 Å². The minimum absolute atomic E-state index is 0.00154. The Morgan fingerprint density at radius 1 is 0.385 bits per heavy atom. The Morgan fingerprint density at radius 3 is 0.974 bits per heavy atom. The quantitative estimate of drug-likeness (QED) is 0.351. The van der Waals surface area contributed by atoms with Crippen molar-refractivity contribution < 1.29 is 13.2 Å². The Morgan fingerprint density at radius 2 is 0.667 bits per heavy atom. The highest BCUT2D eigenvalue weighted by Crippen LogP contribution is 2.45. The Hall–Kier alpha value is -1.77. The van der Waals surface area contributed by atoms with Gasteiger partial charge in [-0.05, 0) is 62.0 Å². The van der Waals surface area contributed by atoms with Gasteiger partial charge in [0.25, 0.3) is 0 Å². The Kier molecular flexibility index (Phi) is 8.79. The highest BCUT2D eigenvalue weighted by molar-refractivity contribution is 5.45. The lowest BCUT2D eigenvalue weighted by atomic mass is 9.68. The standard InChI is InChI=1S/C36H55F3/c1-31(2,3)22-19-23(32(4,5)6)21-24(20-22)35(13,14)17-18-36(15,16)27-29(38)25(33(7,8)9)28(37)26(30(27)39)34(10,11)12/h19-21H,17-18H2,1-16H3. The summed E-state index contributed by atoms with van der Waals surface area (Å²) in [5, 5.41) is 0. The summed E-state index contributed by atoms with van der Waals surface area (Å²) in [4.78, 5) is 0. The molecule has 0 aliphatic heterocycles. The molecule has 220 valence electrons. The molecule has 0 spiro atoms. The number of rotatable bonds is 5. The zero-order valence-electron chi connectivity index (χ0n) is 27.8. The predicted octanol–water partition coefficient (Wildman–Crippen LogP) is 11.3. The van der Waals surface area contributed by atoms with Gasteiger partial charge in [0.05, 0.1) is 0 Å². The van der Waals surface area contributed by atoms with Crippen LogP contribution in [-0.4, -0.2) is 0 Å². The average molecular weight is 545 g/mol. The van der Waals surface area contributed by atoms with Crippen molar-refractivity contribution in [3.8, 4) is 0 Å². The summed E-state index contributed by atoms with van der Waals surface area (Å²) in [5.41, 5.74) is 1.10. The van der Waals surface area contributed by atoms with E-state index >= 15 is 13.2 Å². The fraction of sp³-hybridized carbons (Fsp3) is 0.667. The van der Waals surface area contributed by atoms with Crippen LogP contribution in [0.3, 0.4) is 0 Å². The summed E-state index contributed by atoms with van der Waals surface area (Å²) in [6, 6.07) is 6.92. The Labute approximate surface area is 238 Å². The van der Waals surface area contributed by atoms with Gasteiger partial charge in [-0.15, -0.1) is 0 Å². The predicted molar refractivity (Wildman–Crippen MR) is 163 cm³/mol. The van der Waals surface area contributed by atoms with E-state index in [0.717, 1.165) is 6.42 Å². The third kappa shape index (κ3) is 7.12. The van der Waals surface area contributed by atoms with Gasteiger partial charge >= 0.3 is 0 Å². The van der Waals surface area contributed by atoms with Crippen molar-refractivity contribution in [3.05, 3.63) is 69.0 Å². The zero-order chi connectivity index (χ0) is 30.7. The largest absolute Gasteiger partial charge is 0.206 e. The lowest BCUT2D eigenvalue weighted by Gasteiger charge is -2.37. The van der Waals surface area contributed by atoms with E-state index in [4.69, 9.17) is 0 Å². The summed E-state index contributed by atoms with van der Waals surface area (Å²) in [5.74, 6) is -2.23. The van der Waals surface area contributed by atoms with Crippen LogP contribution in [-0.2, 0) is 32.5 Å². The first kappa shape index (κ1) is 33.4. The van der Waals surface area contributed by atoms with Gasteiger partial charge in [0.15, 0.2) is 0 Å². The SMILES string of the molecule is CC(C)(C)c1cc(C(C)(C)C)cc(C(C)(C)CCC(C)(C)c2c(F)c(C(C)(C)C)c(F)c(C(C)(C)C)c2F)c1. The summed E-state index contributed by atoms with van der Waals surface area (Å²) < 4.78 is 48.1. The van der Waals surface area contributed by atoms with E-state index in [2.05, 4.69) is 73.6 Å². The summed E-state index contributed by atoms with van der Waals surface area (Å²) in [7, 11) is 0. The molecule has 0 aliphatic carbocycles. The van der Waals surface area contributed by atoms with Crippen LogP contribution >= 0.6 is 0 Å². The maximum absolute atomic E-state index is 16.2. The van der Waals surface area contributed by atoms with E-state index in [1.54, 1.807) is 41.5 Å². The molecule has 0 saturated heterocycles. The van der Waals surface area contributed by atoms with Gasteiger partial charge in [-0.25, -0.2) is 13.2 Å². The monoisotopic (exact) mass is 544 g/mol. The van der Waals surface area contributed by atoms with Crippen molar-refractivity contribution in [2.75, 3.05) is 0 Å². The molecule has 0 bridgehead atoms. The van der Waals surface area contributed by atoms with E-state index in [-0.39, 0.29) is 32.9 Å². The number of hydrogen-bond acceptors (Lipinski definition) is 0. The van der Waals surface area contributed by atoms with Gasteiger partial charge < -0.3 is 0 Å². The number of hydrogen-bond donors (Lipinski definition) is 0. The first-order valence-electron chi connectivity index (χ1n) is 14.5. The van der Waals surface area contributed by atoms with Gasteiger partial charge in [-0.1, -0.05) is 129 Å². The van der Waals surface area contributed by atoms with Gasteiger partial charge in [0, 0.05) is 16.7 Å². The molecule has 2 aromatic carbocycles. The van der Waals surface area contributed by atoms with Crippen LogP contribution in [0, 0.1) is 17.5 Å². The first-order chi connectivity index (χ1) is 17.1. The first-order valence-corrected chi connectivity index (χ1v) is 14.5. The normalized spacial score (nSPS) is 14.2. The topological polar surface area (TPSA) is 0 Å². The molecule has 0 atom stereocenters. The lowest BCUT2D eigenvalue weighted by Crippen LogP contribution is -2.32. The van der Waals surface area contributed by atoms with E-state index in [0.29, 0.717) is 6.42 Å². The lowest BCUT2D eigenvalue weighted by molar-refractivity contribution is 0.338. The van der Waals surface area contributed by atoms with Crippen molar-refractivity contribution in [1.82, 2.24) is 0 Å². The molecule has 0 aliphatic rings. The minimum atomic E-state index is -0.840. The highest BCUT2D eigenvalue weighted by atomic mass is 19.1. The molecule has 0 unspecified atom stereocenters. The second kappa shape index (κ2) is 10.3. The van der Waals surface area contributed by atoms with Crippen molar-refractivity contribution in [2.45, 2.75) is 156 Å². The zero-order valence-corrected chi connectivity index (χ0v) is 27.8. The van der Waals surface area contributed by atoms with Gasteiger partial charge in [0.1, 0.15) is 17.5 Å². The smallest absolute Gasteiger partial charge is 0.136 e.